The summed E-state index contributed by atoms with van der Waals surface area (Å²) in [6.07, 6.45) is 2.64. The lowest BCUT2D eigenvalue weighted by Crippen LogP contribution is -2.30. The summed E-state index contributed by atoms with van der Waals surface area (Å²) in [7, 11) is 0. The van der Waals surface area contributed by atoms with E-state index in [2.05, 4.69) is 15.0 Å². The molecule has 3 atom stereocenters. The molecule has 1 aliphatic rings. The van der Waals surface area contributed by atoms with E-state index in [1.54, 1.807) is 10.6 Å². The summed E-state index contributed by atoms with van der Waals surface area (Å²) in [5.74, 6) is 0.278. The maximum atomic E-state index is 10.1. The summed E-state index contributed by atoms with van der Waals surface area (Å²) in [5, 5.41) is 19.9. The zero-order valence-corrected chi connectivity index (χ0v) is 10.0. The molecule has 0 unspecified atom stereocenters. The van der Waals surface area contributed by atoms with E-state index < -0.39 is 18.2 Å². The second-order valence-corrected chi connectivity index (χ2v) is 4.45. The van der Waals surface area contributed by atoms with Crippen LogP contribution < -0.4 is 11.5 Å². The Labute approximate surface area is 108 Å². The van der Waals surface area contributed by atoms with Crippen molar-refractivity contribution >= 4 is 17.0 Å². The topological polar surface area (TPSA) is 136 Å². The lowest BCUT2D eigenvalue weighted by atomic mass is 10.1. The fraction of sp³-hybridized carbons (Fsp3) is 0.364. The van der Waals surface area contributed by atoms with Crippen molar-refractivity contribution in [2.75, 3.05) is 12.3 Å². The molecule has 0 spiro atoms. The van der Waals surface area contributed by atoms with Gasteiger partial charge in [-0.15, -0.1) is 0 Å². The van der Waals surface area contributed by atoms with Crippen LogP contribution in [0.25, 0.3) is 11.2 Å². The summed E-state index contributed by atoms with van der Waals surface area (Å²) < 4.78 is 1.66. The minimum Gasteiger partial charge on any atom is -0.388 e. The normalized spacial score (nSPS) is 26.9. The van der Waals surface area contributed by atoms with E-state index in [0.717, 1.165) is 0 Å². The largest absolute Gasteiger partial charge is 0.388 e. The van der Waals surface area contributed by atoms with Crippen molar-refractivity contribution in [3.05, 3.63) is 24.3 Å². The first-order valence-electron chi connectivity index (χ1n) is 5.83. The van der Waals surface area contributed by atoms with Crippen LogP contribution >= 0.6 is 0 Å². The Kier molecular flexibility index (Phi) is 2.70. The van der Waals surface area contributed by atoms with Crippen molar-refractivity contribution in [1.82, 2.24) is 19.5 Å². The van der Waals surface area contributed by atoms with Crippen LogP contribution in [0.2, 0.25) is 0 Å². The molecule has 3 rings (SSSR count). The van der Waals surface area contributed by atoms with Gasteiger partial charge in [0.25, 0.3) is 0 Å². The second-order valence-electron chi connectivity index (χ2n) is 4.45. The highest BCUT2D eigenvalue weighted by Crippen LogP contribution is 2.31. The third-order valence-electron chi connectivity index (χ3n) is 3.38. The monoisotopic (exact) mass is 262 g/mol. The average Bonchev–Trinajstić information content (AvgIpc) is 2.94. The van der Waals surface area contributed by atoms with Crippen molar-refractivity contribution < 1.29 is 10.2 Å². The number of rotatable bonds is 2. The van der Waals surface area contributed by atoms with Crippen molar-refractivity contribution in [3.63, 3.8) is 0 Å². The molecule has 2 aromatic heterocycles. The number of nitrogens with zero attached hydrogens (tertiary/aromatic N) is 4. The van der Waals surface area contributed by atoms with Crippen LogP contribution in [0.15, 0.2) is 24.3 Å². The van der Waals surface area contributed by atoms with Crippen LogP contribution in [0.4, 0.5) is 5.82 Å². The average molecular weight is 262 g/mol. The summed E-state index contributed by atoms with van der Waals surface area (Å²) in [5.41, 5.74) is 12.8. The van der Waals surface area contributed by atoms with Gasteiger partial charge in [0.05, 0.1) is 12.4 Å². The molecule has 0 saturated carbocycles. The molecule has 8 heteroatoms. The lowest BCUT2D eigenvalue weighted by molar-refractivity contribution is 0.0324. The smallest absolute Gasteiger partial charge is 0.166 e. The van der Waals surface area contributed by atoms with Crippen LogP contribution in [0.1, 0.15) is 6.04 Å². The first kappa shape index (κ1) is 12.0. The molecule has 0 aliphatic heterocycles. The third-order valence-corrected chi connectivity index (χ3v) is 3.38. The molecule has 0 bridgehead atoms. The van der Waals surface area contributed by atoms with Gasteiger partial charge in [-0.1, -0.05) is 6.08 Å². The fourth-order valence-electron chi connectivity index (χ4n) is 2.34. The van der Waals surface area contributed by atoms with Gasteiger partial charge in [0.1, 0.15) is 24.1 Å². The number of fused-ring (bicyclic) bond motifs is 1. The molecule has 6 N–H and O–H groups in total. The highest BCUT2D eigenvalue weighted by Gasteiger charge is 2.35. The molecule has 0 aromatic carbocycles. The summed E-state index contributed by atoms with van der Waals surface area (Å²) in [6.45, 7) is 0.193. The molecule has 2 aromatic rings. The van der Waals surface area contributed by atoms with E-state index in [1.807, 2.05) is 0 Å². The minimum atomic E-state index is -0.980. The summed E-state index contributed by atoms with van der Waals surface area (Å²) >= 11 is 0. The number of imidazole rings is 1. The zero-order valence-electron chi connectivity index (χ0n) is 10.0. The molecule has 0 amide bonds. The van der Waals surface area contributed by atoms with Gasteiger partial charge in [-0.25, -0.2) is 15.0 Å². The third kappa shape index (κ3) is 1.69. The number of nitrogens with two attached hydrogens (primary N) is 2. The van der Waals surface area contributed by atoms with Gasteiger partial charge in [-0.05, 0) is 5.57 Å². The highest BCUT2D eigenvalue weighted by molar-refractivity contribution is 5.81. The van der Waals surface area contributed by atoms with E-state index in [4.69, 9.17) is 11.5 Å². The van der Waals surface area contributed by atoms with Gasteiger partial charge >= 0.3 is 0 Å². The van der Waals surface area contributed by atoms with Crippen molar-refractivity contribution in [2.24, 2.45) is 5.73 Å². The quantitative estimate of drug-likeness (QED) is 0.487. The number of aliphatic hydroxyl groups excluding tert-OH is 2. The number of aromatic nitrogens is 4. The molecule has 2 heterocycles. The van der Waals surface area contributed by atoms with E-state index in [-0.39, 0.29) is 12.4 Å². The predicted molar refractivity (Wildman–Crippen MR) is 67.9 cm³/mol. The Hall–Kier alpha value is -2.03. The van der Waals surface area contributed by atoms with Crippen molar-refractivity contribution in [2.45, 2.75) is 18.2 Å². The first-order chi connectivity index (χ1) is 9.13. The van der Waals surface area contributed by atoms with E-state index in [1.165, 1.54) is 12.7 Å². The molecule has 8 nitrogen and oxygen atoms in total. The standard InChI is InChI=1S/C11H14N6O2/c12-2-5-1-6(9(19)8(5)18)17-4-16-7-10(13)14-3-15-11(7)17/h1,3-4,6,8-9,18-19H,2,12H2,(H2,13,14,15)/t6-,8+,9+/m1/s1. The van der Waals surface area contributed by atoms with E-state index in [0.29, 0.717) is 16.7 Å². The van der Waals surface area contributed by atoms with Crippen molar-refractivity contribution in [1.29, 1.82) is 0 Å². The van der Waals surface area contributed by atoms with Crippen LogP contribution in [-0.4, -0.2) is 48.5 Å². The van der Waals surface area contributed by atoms with Gasteiger partial charge < -0.3 is 26.2 Å². The van der Waals surface area contributed by atoms with Crippen LogP contribution in [0.3, 0.4) is 0 Å². The molecular formula is C11H14N6O2. The summed E-state index contributed by atoms with van der Waals surface area (Å²) in [6, 6.07) is -0.465. The molecule has 0 radical (unpaired) electrons. The van der Waals surface area contributed by atoms with E-state index in [9.17, 15) is 10.2 Å². The lowest BCUT2D eigenvalue weighted by Gasteiger charge is -2.18. The van der Waals surface area contributed by atoms with Crippen LogP contribution in [0.5, 0.6) is 0 Å². The van der Waals surface area contributed by atoms with Gasteiger partial charge in [-0.2, -0.15) is 0 Å². The zero-order chi connectivity index (χ0) is 13.6. The van der Waals surface area contributed by atoms with Gasteiger partial charge in [-0.3, -0.25) is 0 Å². The second kappa shape index (κ2) is 4.26. The number of anilines is 1. The fourth-order valence-corrected chi connectivity index (χ4v) is 2.34. The predicted octanol–water partition coefficient (Wildman–Crippen LogP) is -1.43. The maximum Gasteiger partial charge on any atom is 0.166 e. The molecule has 19 heavy (non-hydrogen) atoms. The van der Waals surface area contributed by atoms with E-state index >= 15 is 0 Å². The minimum absolute atomic E-state index is 0.193. The van der Waals surface area contributed by atoms with Crippen molar-refractivity contribution in [3.8, 4) is 0 Å². The highest BCUT2D eigenvalue weighted by atomic mass is 16.3. The molecular weight excluding hydrogens is 248 g/mol. The van der Waals surface area contributed by atoms with Crippen LogP contribution in [-0.2, 0) is 0 Å². The van der Waals surface area contributed by atoms with Gasteiger partial charge in [0.15, 0.2) is 11.5 Å². The molecule has 100 valence electrons. The number of hydrogen-bond donors (Lipinski definition) is 4. The number of nitrogen functional groups attached to an aromatic ring is 1. The van der Waals surface area contributed by atoms with Gasteiger partial charge in [0.2, 0.25) is 0 Å². The number of hydrogen-bond acceptors (Lipinski definition) is 7. The Bertz CT molecular complexity index is 652. The Morgan fingerprint density at radius 2 is 2.05 bits per heavy atom. The molecule has 1 aliphatic carbocycles. The van der Waals surface area contributed by atoms with Gasteiger partial charge in [0, 0.05) is 6.54 Å². The summed E-state index contributed by atoms with van der Waals surface area (Å²) in [4.78, 5) is 12.1. The Morgan fingerprint density at radius 1 is 1.26 bits per heavy atom. The van der Waals surface area contributed by atoms with Crippen LogP contribution in [0, 0.1) is 0 Å². The Balaban J connectivity index is 2.11. The maximum absolute atomic E-state index is 10.1. The Morgan fingerprint density at radius 3 is 2.74 bits per heavy atom. The molecule has 0 fully saturated rings. The SMILES string of the molecule is NCC1=C[C@@H](n2cnc3c(N)ncnc32)[C@H](O)[C@H]1O. The molecule has 0 saturated heterocycles. The number of aliphatic hydroxyl groups is 2. The first-order valence-corrected chi connectivity index (χ1v) is 5.83.